The highest BCUT2D eigenvalue weighted by molar-refractivity contribution is 9.10. The van der Waals surface area contributed by atoms with Gasteiger partial charge in [0, 0.05) is 15.1 Å². The maximum absolute atomic E-state index is 12.1. The number of rotatable bonds is 4. The Balaban J connectivity index is 1.97. The van der Waals surface area contributed by atoms with Crippen LogP contribution in [0.2, 0.25) is 0 Å². The van der Waals surface area contributed by atoms with Gasteiger partial charge in [0.1, 0.15) is 0 Å². The highest BCUT2D eigenvalue weighted by Crippen LogP contribution is 2.26. The quantitative estimate of drug-likeness (QED) is 0.765. The molecule has 0 aliphatic heterocycles. The predicted molar refractivity (Wildman–Crippen MR) is 94.1 cm³/mol. The van der Waals surface area contributed by atoms with E-state index < -0.39 is 0 Å². The molecule has 0 atom stereocenters. The minimum atomic E-state index is 0.0223. The fraction of sp³-hybridized carbons (Fsp3) is 0.235. The van der Waals surface area contributed by atoms with Gasteiger partial charge in [-0.2, -0.15) is 0 Å². The fourth-order valence-corrected chi connectivity index (χ4v) is 3.45. The number of anilines is 1. The summed E-state index contributed by atoms with van der Waals surface area (Å²) in [6.07, 6.45) is 0. The molecule has 2 aromatic carbocycles. The molecule has 0 aromatic heterocycles. The molecule has 21 heavy (non-hydrogen) atoms. The lowest BCUT2D eigenvalue weighted by Gasteiger charge is -2.12. The second-order valence-corrected chi connectivity index (χ2v) is 7.03. The zero-order valence-corrected chi connectivity index (χ0v) is 14.8. The summed E-state index contributed by atoms with van der Waals surface area (Å²) in [5, 5.41) is 3.01. The first kappa shape index (κ1) is 16.1. The van der Waals surface area contributed by atoms with Gasteiger partial charge in [-0.15, -0.1) is 11.8 Å². The molecule has 0 fully saturated rings. The van der Waals surface area contributed by atoms with E-state index in [4.69, 9.17) is 0 Å². The first-order chi connectivity index (χ1) is 9.95. The highest BCUT2D eigenvalue weighted by atomic mass is 79.9. The molecule has 2 rings (SSSR count). The third kappa shape index (κ3) is 4.61. The number of thioether (sulfide) groups is 1. The predicted octanol–water partition coefficient (Wildman–Crippen LogP) is 5.11. The van der Waals surface area contributed by atoms with Crippen molar-refractivity contribution in [1.82, 2.24) is 0 Å². The van der Waals surface area contributed by atoms with E-state index in [0.717, 1.165) is 26.2 Å². The summed E-state index contributed by atoms with van der Waals surface area (Å²) in [6, 6.07) is 12.2. The molecule has 4 heteroatoms. The zero-order valence-electron chi connectivity index (χ0n) is 12.4. The lowest BCUT2D eigenvalue weighted by molar-refractivity contribution is -0.113. The molecule has 0 bridgehead atoms. The Morgan fingerprint density at radius 2 is 1.67 bits per heavy atom. The third-order valence-electron chi connectivity index (χ3n) is 3.15. The Hall–Kier alpha value is -1.26. The average Bonchev–Trinajstić information content (AvgIpc) is 2.42. The van der Waals surface area contributed by atoms with E-state index in [1.165, 1.54) is 5.56 Å². The molecule has 0 aliphatic rings. The molecule has 0 heterocycles. The van der Waals surface area contributed by atoms with E-state index in [0.29, 0.717) is 5.75 Å². The van der Waals surface area contributed by atoms with E-state index in [-0.39, 0.29) is 5.91 Å². The molecule has 0 aliphatic carbocycles. The lowest BCUT2D eigenvalue weighted by atomic mass is 10.1. The van der Waals surface area contributed by atoms with Crippen LogP contribution in [0.4, 0.5) is 5.69 Å². The van der Waals surface area contributed by atoms with Crippen molar-refractivity contribution >= 4 is 39.3 Å². The number of nitrogens with one attached hydrogen (secondary N) is 1. The Labute approximate surface area is 138 Å². The lowest BCUT2D eigenvalue weighted by Crippen LogP contribution is -2.15. The van der Waals surface area contributed by atoms with Crippen LogP contribution >= 0.6 is 27.7 Å². The van der Waals surface area contributed by atoms with Gasteiger partial charge in [-0.3, -0.25) is 4.79 Å². The van der Waals surface area contributed by atoms with Crippen molar-refractivity contribution in [2.45, 2.75) is 25.7 Å². The van der Waals surface area contributed by atoms with E-state index in [1.54, 1.807) is 11.8 Å². The fourth-order valence-electron chi connectivity index (χ4n) is 2.07. The van der Waals surface area contributed by atoms with Gasteiger partial charge in [-0.25, -0.2) is 0 Å². The smallest absolute Gasteiger partial charge is 0.234 e. The molecule has 0 unspecified atom stereocenters. The highest BCUT2D eigenvalue weighted by Gasteiger charge is 2.09. The Kier molecular flexibility index (Phi) is 5.48. The van der Waals surface area contributed by atoms with Crippen LogP contribution in [0.3, 0.4) is 0 Å². The van der Waals surface area contributed by atoms with E-state index >= 15 is 0 Å². The first-order valence-corrected chi connectivity index (χ1v) is 8.49. The average molecular weight is 364 g/mol. The summed E-state index contributed by atoms with van der Waals surface area (Å²) in [5.41, 5.74) is 4.27. The second kappa shape index (κ2) is 7.14. The largest absolute Gasteiger partial charge is 0.325 e. The van der Waals surface area contributed by atoms with Crippen molar-refractivity contribution in [2.24, 2.45) is 0 Å². The Morgan fingerprint density at radius 1 is 1.10 bits per heavy atom. The van der Waals surface area contributed by atoms with Gasteiger partial charge in [0.15, 0.2) is 0 Å². The third-order valence-corrected chi connectivity index (χ3v) is 4.62. The summed E-state index contributed by atoms with van der Waals surface area (Å²) in [7, 11) is 0. The summed E-state index contributed by atoms with van der Waals surface area (Å²) < 4.78 is 1.03. The topological polar surface area (TPSA) is 29.1 Å². The van der Waals surface area contributed by atoms with Crippen molar-refractivity contribution in [1.29, 1.82) is 0 Å². The van der Waals surface area contributed by atoms with Crippen LogP contribution < -0.4 is 5.32 Å². The number of amides is 1. The number of hydrogen-bond donors (Lipinski definition) is 1. The van der Waals surface area contributed by atoms with Gasteiger partial charge in [0.05, 0.1) is 5.75 Å². The molecule has 0 spiro atoms. The minimum Gasteiger partial charge on any atom is -0.325 e. The van der Waals surface area contributed by atoms with Crippen LogP contribution in [0.15, 0.2) is 45.8 Å². The molecule has 1 N–H and O–H groups in total. The first-order valence-electron chi connectivity index (χ1n) is 6.72. The van der Waals surface area contributed by atoms with Crippen LogP contribution in [-0.4, -0.2) is 11.7 Å². The summed E-state index contributed by atoms with van der Waals surface area (Å²) in [6.45, 7) is 6.06. The molecule has 110 valence electrons. The number of halogens is 1. The maximum atomic E-state index is 12.1. The van der Waals surface area contributed by atoms with Crippen LogP contribution in [0, 0.1) is 20.8 Å². The molecule has 0 saturated carbocycles. The molecular weight excluding hydrogens is 346 g/mol. The van der Waals surface area contributed by atoms with E-state index in [9.17, 15) is 4.79 Å². The standard InChI is InChI=1S/C17H18BrNOS/c1-11-4-6-15(7-5-11)21-10-16(20)19-17-12(2)8-14(18)9-13(17)3/h4-9H,10H2,1-3H3,(H,19,20). The van der Waals surface area contributed by atoms with Gasteiger partial charge in [0.25, 0.3) is 0 Å². The molecule has 1 amide bonds. The zero-order chi connectivity index (χ0) is 15.4. The van der Waals surface area contributed by atoms with E-state index in [2.05, 4.69) is 40.3 Å². The number of aryl methyl sites for hydroxylation is 3. The van der Waals surface area contributed by atoms with E-state index in [1.807, 2.05) is 38.1 Å². The van der Waals surface area contributed by atoms with Crippen LogP contribution in [-0.2, 0) is 4.79 Å². The summed E-state index contributed by atoms with van der Waals surface area (Å²) >= 11 is 5.01. The Bertz CT molecular complexity index is 629. The van der Waals surface area contributed by atoms with Gasteiger partial charge < -0.3 is 5.32 Å². The molecule has 0 radical (unpaired) electrons. The van der Waals surface area contributed by atoms with Crippen molar-refractivity contribution in [3.05, 3.63) is 57.6 Å². The van der Waals surface area contributed by atoms with Crippen LogP contribution in [0.5, 0.6) is 0 Å². The molecular formula is C17H18BrNOS. The van der Waals surface area contributed by atoms with Gasteiger partial charge in [-0.05, 0) is 56.2 Å². The Morgan fingerprint density at radius 3 is 2.24 bits per heavy atom. The SMILES string of the molecule is Cc1ccc(SCC(=O)Nc2c(C)cc(Br)cc2C)cc1. The molecule has 0 saturated heterocycles. The number of carbonyl (C=O) groups is 1. The molecule has 2 aromatic rings. The normalized spacial score (nSPS) is 10.5. The summed E-state index contributed by atoms with van der Waals surface area (Å²) in [4.78, 5) is 13.2. The number of hydrogen-bond acceptors (Lipinski definition) is 2. The van der Waals surface area contributed by atoms with Crippen LogP contribution in [0.1, 0.15) is 16.7 Å². The molecule has 2 nitrogen and oxygen atoms in total. The van der Waals surface area contributed by atoms with Crippen molar-refractivity contribution in [3.63, 3.8) is 0 Å². The van der Waals surface area contributed by atoms with Gasteiger partial charge in [-0.1, -0.05) is 33.6 Å². The maximum Gasteiger partial charge on any atom is 0.234 e. The van der Waals surface area contributed by atoms with Crippen LogP contribution in [0.25, 0.3) is 0 Å². The van der Waals surface area contributed by atoms with Gasteiger partial charge in [0.2, 0.25) is 5.91 Å². The van der Waals surface area contributed by atoms with Crippen molar-refractivity contribution in [2.75, 3.05) is 11.1 Å². The number of benzene rings is 2. The minimum absolute atomic E-state index is 0.0223. The number of carbonyl (C=O) groups excluding carboxylic acids is 1. The summed E-state index contributed by atoms with van der Waals surface area (Å²) in [5.74, 6) is 0.437. The van der Waals surface area contributed by atoms with Crippen molar-refractivity contribution < 1.29 is 4.79 Å². The van der Waals surface area contributed by atoms with Crippen molar-refractivity contribution in [3.8, 4) is 0 Å². The monoisotopic (exact) mass is 363 g/mol. The van der Waals surface area contributed by atoms with Gasteiger partial charge >= 0.3 is 0 Å². The second-order valence-electron chi connectivity index (χ2n) is 5.06.